The van der Waals surface area contributed by atoms with Crippen LogP contribution in [-0.2, 0) is 16.4 Å². The lowest BCUT2D eigenvalue weighted by atomic mass is 10.0. The summed E-state index contributed by atoms with van der Waals surface area (Å²) in [4.78, 5) is 15.3. The molecule has 34 heavy (non-hydrogen) atoms. The van der Waals surface area contributed by atoms with Gasteiger partial charge in [-0.25, -0.2) is 8.42 Å². The summed E-state index contributed by atoms with van der Waals surface area (Å²) in [6.07, 6.45) is 5.16. The number of carbonyl (C=O) groups excluding carboxylic acids is 1. The number of benzene rings is 2. The van der Waals surface area contributed by atoms with E-state index in [4.69, 9.17) is 0 Å². The maximum atomic E-state index is 13.3. The third-order valence-electron chi connectivity index (χ3n) is 6.53. The molecule has 1 saturated carbocycles. The average Bonchev–Trinajstić information content (AvgIpc) is 3.32. The van der Waals surface area contributed by atoms with Gasteiger partial charge in [-0.15, -0.1) is 0 Å². The van der Waals surface area contributed by atoms with E-state index >= 15 is 0 Å². The first kappa shape index (κ1) is 24.5. The molecule has 1 aliphatic carbocycles. The van der Waals surface area contributed by atoms with Gasteiger partial charge in [0.2, 0.25) is 0 Å². The van der Waals surface area contributed by atoms with E-state index in [1.807, 2.05) is 18.2 Å². The predicted molar refractivity (Wildman–Crippen MR) is 137 cm³/mol. The zero-order chi connectivity index (χ0) is 24.1. The third-order valence-corrected chi connectivity index (χ3v) is 7.91. The van der Waals surface area contributed by atoms with Crippen LogP contribution in [0.15, 0.2) is 47.4 Å². The summed E-state index contributed by atoms with van der Waals surface area (Å²) < 4.78 is 29.4. The summed E-state index contributed by atoms with van der Waals surface area (Å²) in [5.41, 5.74) is 2.81. The fourth-order valence-electron chi connectivity index (χ4n) is 4.76. The Balaban J connectivity index is 1.60. The molecule has 1 amide bonds. The first-order valence-corrected chi connectivity index (χ1v) is 13.8. The van der Waals surface area contributed by atoms with Gasteiger partial charge in [0.1, 0.15) is 0 Å². The van der Waals surface area contributed by atoms with Crippen LogP contribution in [0.4, 0.5) is 11.4 Å². The second-order valence-corrected chi connectivity index (χ2v) is 11.5. The Morgan fingerprint density at radius 3 is 2.38 bits per heavy atom. The summed E-state index contributed by atoms with van der Waals surface area (Å²) in [6, 6.07) is 12.6. The number of anilines is 2. The molecule has 7 nitrogen and oxygen atoms in total. The van der Waals surface area contributed by atoms with Crippen molar-refractivity contribution >= 4 is 27.3 Å². The molecular formula is C26H36N4O3S. The Labute approximate surface area is 203 Å². The van der Waals surface area contributed by atoms with E-state index in [9.17, 15) is 13.2 Å². The third kappa shape index (κ3) is 6.10. The van der Waals surface area contributed by atoms with Gasteiger partial charge >= 0.3 is 0 Å². The minimum Gasteiger partial charge on any atom is -0.367 e. The van der Waals surface area contributed by atoms with Gasteiger partial charge < -0.3 is 15.5 Å². The molecule has 0 atom stereocenters. The number of hydrogen-bond donors (Lipinski definition) is 3. The first-order valence-electron chi connectivity index (χ1n) is 12.3. The molecule has 1 heterocycles. The highest BCUT2D eigenvalue weighted by Gasteiger charge is 2.23. The van der Waals surface area contributed by atoms with Crippen molar-refractivity contribution in [1.29, 1.82) is 0 Å². The molecule has 2 fully saturated rings. The van der Waals surface area contributed by atoms with Gasteiger partial charge in [-0.3, -0.25) is 9.52 Å². The van der Waals surface area contributed by atoms with Crippen LogP contribution in [-0.4, -0.2) is 46.5 Å². The molecule has 2 aromatic carbocycles. The number of carbonyl (C=O) groups is 1. The quantitative estimate of drug-likeness (QED) is 0.531. The first-order chi connectivity index (χ1) is 16.3. The summed E-state index contributed by atoms with van der Waals surface area (Å²) in [5.74, 6) is 0.345. The molecule has 2 aliphatic rings. The number of piperazine rings is 1. The molecule has 0 radical (unpaired) electrons. The van der Waals surface area contributed by atoms with E-state index in [1.54, 1.807) is 24.3 Å². The summed E-state index contributed by atoms with van der Waals surface area (Å²) in [6.45, 7) is 7.47. The van der Waals surface area contributed by atoms with Gasteiger partial charge in [0, 0.05) is 37.8 Å². The fraction of sp³-hybridized carbons (Fsp3) is 0.500. The van der Waals surface area contributed by atoms with Crippen molar-refractivity contribution in [3.63, 3.8) is 0 Å². The fourth-order valence-corrected chi connectivity index (χ4v) is 5.82. The maximum Gasteiger partial charge on any atom is 0.261 e. The van der Waals surface area contributed by atoms with Gasteiger partial charge in [-0.05, 0) is 61.1 Å². The van der Waals surface area contributed by atoms with Crippen molar-refractivity contribution in [3.8, 4) is 0 Å². The summed E-state index contributed by atoms with van der Waals surface area (Å²) in [7, 11) is -3.81. The zero-order valence-electron chi connectivity index (χ0n) is 20.1. The Kier molecular flexibility index (Phi) is 7.78. The number of sulfonamides is 1. The number of amides is 1. The number of nitrogens with zero attached hydrogens (tertiary/aromatic N) is 1. The van der Waals surface area contributed by atoms with Crippen LogP contribution in [0.25, 0.3) is 0 Å². The number of rotatable bonds is 8. The highest BCUT2D eigenvalue weighted by molar-refractivity contribution is 7.92. The van der Waals surface area contributed by atoms with Crippen LogP contribution in [0.5, 0.6) is 0 Å². The van der Waals surface area contributed by atoms with Crippen LogP contribution in [0, 0.1) is 5.92 Å². The van der Waals surface area contributed by atoms with Crippen molar-refractivity contribution < 1.29 is 13.2 Å². The molecule has 2 aromatic rings. The Hall–Kier alpha value is -2.58. The molecule has 0 aromatic heterocycles. The van der Waals surface area contributed by atoms with Crippen LogP contribution in [0.3, 0.4) is 0 Å². The van der Waals surface area contributed by atoms with E-state index in [-0.39, 0.29) is 16.8 Å². The average molecular weight is 485 g/mol. The smallest absolute Gasteiger partial charge is 0.261 e. The maximum absolute atomic E-state index is 13.3. The summed E-state index contributed by atoms with van der Waals surface area (Å²) in [5, 5.41) is 6.42. The Morgan fingerprint density at radius 1 is 1.06 bits per heavy atom. The molecule has 0 spiro atoms. The second kappa shape index (κ2) is 10.8. The zero-order valence-corrected chi connectivity index (χ0v) is 21.0. The molecule has 4 rings (SSSR count). The van der Waals surface area contributed by atoms with Crippen molar-refractivity contribution in [3.05, 3.63) is 53.6 Å². The van der Waals surface area contributed by atoms with Crippen molar-refractivity contribution in [2.45, 2.75) is 56.9 Å². The van der Waals surface area contributed by atoms with Crippen molar-refractivity contribution in [2.24, 2.45) is 5.92 Å². The van der Waals surface area contributed by atoms with Crippen LogP contribution < -0.4 is 20.3 Å². The highest BCUT2D eigenvalue weighted by Crippen LogP contribution is 2.30. The molecule has 0 bridgehead atoms. The van der Waals surface area contributed by atoms with E-state index in [0.29, 0.717) is 17.2 Å². The Morgan fingerprint density at radius 2 is 1.74 bits per heavy atom. The largest absolute Gasteiger partial charge is 0.367 e. The van der Waals surface area contributed by atoms with Gasteiger partial charge in [-0.2, -0.15) is 0 Å². The molecule has 8 heteroatoms. The van der Waals surface area contributed by atoms with Gasteiger partial charge in [-0.1, -0.05) is 38.8 Å². The minimum absolute atomic E-state index is 0.155. The molecule has 184 valence electrons. The topological polar surface area (TPSA) is 90.5 Å². The lowest BCUT2D eigenvalue weighted by Crippen LogP contribution is -2.43. The Bertz CT molecular complexity index is 1090. The summed E-state index contributed by atoms with van der Waals surface area (Å²) >= 11 is 0. The minimum atomic E-state index is -3.81. The lowest BCUT2D eigenvalue weighted by Gasteiger charge is -2.31. The van der Waals surface area contributed by atoms with E-state index in [0.717, 1.165) is 69.5 Å². The molecular weight excluding hydrogens is 448 g/mol. The van der Waals surface area contributed by atoms with Gasteiger partial charge in [0.15, 0.2) is 0 Å². The molecule has 1 aliphatic heterocycles. The van der Waals surface area contributed by atoms with Crippen molar-refractivity contribution in [2.75, 3.05) is 35.8 Å². The monoisotopic (exact) mass is 484 g/mol. The number of nitrogens with one attached hydrogen (secondary N) is 3. The highest BCUT2D eigenvalue weighted by atomic mass is 32.2. The normalized spacial score (nSPS) is 17.2. The molecule has 0 unspecified atom stereocenters. The molecule has 3 N–H and O–H groups in total. The van der Waals surface area contributed by atoms with Gasteiger partial charge in [0.05, 0.1) is 16.3 Å². The van der Waals surface area contributed by atoms with E-state index in [2.05, 4.69) is 34.1 Å². The number of hydrogen-bond acceptors (Lipinski definition) is 5. The van der Waals surface area contributed by atoms with E-state index < -0.39 is 10.0 Å². The SMILES string of the molecule is CC(C)Cc1ccc(S(=O)(=O)Nc2cc(C(=O)NC3CCCC3)ccc2N2CCNCC2)cc1. The standard InChI is InChI=1S/C26H36N4O3S/c1-19(2)17-20-7-10-23(11-8-20)34(32,33)29-24-18-21(26(31)28-22-5-3-4-6-22)9-12-25(24)30-15-13-27-14-16-30/h7-12,18-19,22,27,29H,3-6,13-17H2,1-2H3,(H,28,31). The van der Waals surface area contributed by atoms with E-state index in [1.165, 1.54) is 0 Å². The molecule has 1 saturated heterocycles. The van der Waals surface area contributed by atoms with Crippen molar-refractivity contribution in [1.82, 2.24) is 10.6 Å². The van der Waals surface area contributed by atoms with Gasteiger partial charge in [0.25, 0.3) is 15.9 Å². The van der Waals surface area contributed by atoms with Crippen LogP contribution >= 0.6 is 0 Å². The lowest BCUT2D eigenvalue weighted by molar-refractivity contribution is 0.0938. The van der Waals surface area contributed by atoms with Crippen LogP contribution in [0.2, 0.25) is 0 Å². The second-order valence-electron chi connectivity index (χ2n) is 9.77. The van der Waals surface area contributed by atoms with Crippen LogP contribution in [0.1, 0.15) is 55.5 Å². The predicted octanol–water partition coefficient (Wildman–Crippen LogP) is 3.77.